The van der Waals surface area contributed by atoms with Crippen LogP contribution >= 0.6 is 0 Å². The smallest absolute Gasteiger partial charge is 0.146 e. The van der Waals surface area contributed by atoms with Gasteiger partial charge in [-0.1, -0.05) is 48.5 Å². The van der Waals surface area contributed by atoms with E-state index in [0.29, 0.717) is 12.2 Å². The number of nitrogens with zero attached hydrogens (tertiary/aromatic N) is 3. The highest BCUT2D eigenvalue weighted by Gasteiger charge is 2.11. The topological polar surface area (TPSA) is 50.9 Å². The number of hydrogen-bond donors (Lipinski definition) is 1. The van der Waals surface area contributed by atoms with Crippen molar-refractivity contribution in [1.82, 2.24) is 14.5 Å². The van der Waals surface area contributed by atoms with E-state index in [1.54, 1.807) is 18.7 Å². The summed E-state index contributed by atoms with van der Waals surface area (Å²) in [6.07, 6.45) is 7.01. The van der Waals surface area contributed by atoms with Crippen LogP contribution in [0.5, 0.6) is 5.75 Å². The van der Waals surface area contributed by atoms with E-state index in [0.717, 1.165) is 22.3 Å². The quantitative estimate of drug-likeness (QED) is 0.606. The molecule has 4 heteroatoms. The first kappa shape index (κ1) is 15.1. The monoisotopic (exact) mass is 327 g/mol. The summed E-state index contributed by atoms with van der Waals surface area (Å²) in [6.45, 7) is 0.484. The molecule has 0 amide bonds. The Balaban J connectivity index is 1.73. The van der Waals surface area contributed by atoms with Gasteiger partial charge in [-0.05, 0) is 28.8 Å². The second-order valence-electron chi connectivity index (χ2n) is 5.84. The molecule has 2 aromatic carbocycles. The minimum atomic E-state index is 0.210. The molecule has 0 aliphatic carbocycles. The fourth-order valence-corrected chi connectivity index (χ4v) is 2.90. The van der Waals surface area contributed by atoms with Gasteiger partial charge in [-0.2, -0.15) is 0 Å². The number of imidazole rings is 1. The van der Waals surface area contributed by atoms with Gasteiger partial charge in [0.05, 0.1) is 12.9 Å². The summed E-state index contributed by atoms with van der Waals surface area (Å²) in [4.78, 5) is 8.35. The van der Waals surface area contributed by atoms with Crippen molar-refractivity contribution in [3.63, 3.8) is 0 Å². The normalized spacial score (nSPS) is 10.7. The number of benzene rings is 2. The van der Waals surface area contributed by atoms with Crippen LogP contribution < -0.4 is 0 Å². The second kappa shape index (κ2) is 6.61. The molecule has 0 unspecified atom stereocenters. The molecule has 1 N–H and O–H groups in total. The van der Waals surface area contributed by atoms with Gasteiger partial charge < -0.3 is 9.67 Å². The summed E-state index contributed by atoms with van der Waals surface area (Å²) in [6, 6.07) is 20.2. The minimum Gasteiger partial charge on any atom is -0.505 e. The highest BCUT2D eigenvalue weighted by atomic mass is 16.3. The zero-order valence-electron chi connectivity index (χ0n) is 13.6. The average Bonchev–Trinajstić information content (AvgIpc) is 3.17. The molecule has 2 aromatic heterocycles. The van der Waals surface area contributed by atoms with Crippen molar-refractivity contribution in [1.29, 1.82) is 0 Å². The zero-order valence-corrected chi connectivity index (χ0v) is 13.6. The molecule has 0 saturated carbocycles. The van der Waals surface area contributed by atoms with Gasteiger partial charge in [0, 0.05) is 24.2 Å². The van der Waals surface area contributed by atoms with Gasteiger partial charge in [-0.15, -0.1) is 0 Å². The van der Waals surface area contributed by atoms with E-state index in [2.05, 4.69) is 34.2 Å². The molecule has 4 aromatic rings. The molecule has 0 atom stereocenters. The van der Waals surface area contributed by atoms with E-state index in [1.807, 2.05) is 47.2 Å². The van der Waals surface area contributed by atoms with Crippen molar-refractivity contribution in [2.24, 2.45) is 0 Å². The summed E-state index contributed by atoms with van der Waals surface area (Å²) in [5.74, 6) is 0.210. The van der Waals surface area contributed by atoms with E-state index in [-0.39, 0.29) is 5.75 Å². The molecule has 0 aliphatic rings. The van der Waals surface area contributed by atoms with E-state index in [9.17, 15) is 5.11 Å². The van der Waals surface area contributed by atoms with Crippen molar-refractivity contribution in [2.75, 3.05) is 0 Å². The highest BCUT2D eigenvalue weighted by molar-refractivity contribution is 5.76. The lowest BCUT2D eigenvalue weighted by Crippen LogP contribution is -2.00. The van der Waals surface area contributed by atoms with Gasteiger partial charge in [0.15, 0.2) is 0 Å². The number of aromatic hydroxyl groups is 1. The summed E-state index contributed by atoms with van der Waals surface area (Å²) in [5, 5.41) is 10.7. The summed E-state index contributed by atoms with van der Waals surface area (Å²) in [5.41, 5.74) is 4.64. The lowest BCUT2D eigenvalue weighted by Gasteiger charge is -2.11. The number of aromatic nitrogens is 3. The number of hydrogen-bond acceptors (Lipinski definition) is 3. The first-order chi connectivity index (χ1) is 12.3. The van der Waals surface area contributed by atoms with Gasteiger partial charge in [0.25, 0.3) is 0 Å². The van der Waals surface area contributed by atoms with Gasteiger partial charge in [0.1, 0.15) is 11.4 Å². The third-order valence-electron chi connectivity index (χ3n) is 4.17. The van der Waals surface area contributed by atoms with Crippen LogP contribution in [-0.2, 0) is 6.54 Å². The molecule has 0 radical (unpaired) electrons. The second-order valence-corrected chi connectivity index (χ2v) is 5.84. The van der Waals surface area contributed by atoms with Crippen LogP contribution in [0, 0.1) is 0 Å². The van der Waals surface area contributed by atoms with Crippen LogP contribution in [0.3, 0.4) is 0 Å². The molecule has 0 bridgehead atoms. The SMILES string of the molecule is Oc1c(-c2cccc(-c3ccccc3)c2)ccnc1Cn1ccnc1. The van der Waals surface area contributed by atoms with E-state index < -0.39 is 0 Å². The number of rotatable bonds is 4. The molecule has 0 spiro atoms. The molecule has 4 nitrogen and oxygen atoms in total. The lowest BCUT2D eigenvalue weighted by molar-refractivity contribution is 0.463. The molecule has 25 heavy (non-hydrogen) atoms. The van der Waals surface area contributed by atoms with Crippen LogP contribution in [0.25, 0.3) is 22.3 Å². The minimum absolute atomic E-state index is 0.210. The van der Waals surface area contributed by atoms with Crippen LogP contribution in [0.15, 0.2) is 85.6 Å². The highest BCUT2D eigenvalue weighted by Crippen LogP contribution is 2.33. The Hall–Kier alpha value is -3.40. The van der Waals surface area contributed by atoms with Crippen molar-refractivity contribution in [3.8, 4) is 28.0 Å². The summed E-state index contributed by atoms with van der Waals surface area (Å²) < 4.78 is 1.88. The van der Waals surface area contributed by atoms with E-state index >= 15 is 0 Å². The summed E-state index contributed by atoms with van der Waals surface area (Å²) in [7, 11) is 0. The Bertz CT molecular complexity index is 979. The third-order valence-corrected chi connectivity index (χ3v) is 4.17. The fraction of sp³-hybridized carbons (Fsp3) is 0.0476. The maximum atomic E-state index is 10.7. The molecule has 2 heterocycles. The average molecular weight is 327 g/mol. The predicted octanol–water partition coefficient (Wildman–Crippen LogP) is 4.37. The summed E-state index contributed by atoms with van der Waals surface area (Å²) >= 11 is 0. The van der Waals surface area contributed by atoms with Crippen molar-refractivity contribution >= 4 is 0 Å². The van der Waals surface area contributed by atoms with Crippen molar-refractivity contribution in [3.05, 3.63) is 91.3 Å². The fourth-order valence-electron chi connectivity index (χ4n) is 2.90. The molecule has 122 valence electrons. The van der Waals surface area contributed by atoms with Gasteiger partial charge >= 0.3 is 0 Å². The Kier molecular flexibility index (Phi) is 4.01. The molecule has 4 rings (SSSR count). The molecule has 0 fully saturated rings. The van der Waals surface area contributed by atoms with Gasteiger partial charge in [-0.25, -0.2) is 4.98 Å². The Morgan fingerprint density at radius 1 is 0.840 bits per heavy atom. The molecular weight excluding hydrogens is 310 g/mol. The standard InChI is InChI=1S/C21H17N3O/c25-21-19(9-10-23-20(21)14-24-12-11-22-15-24)18-8-4-7-17(13-18)16-5-2-1-3-6-16/h1-13,15,25H,14H2. The largest absolute Gasteiger partial charge is 0.505 e. The number of pyridine rings is 1. The molecule has 0 aliphatic heterocycles. The zero-order chi connectivity index (χ0) is 17.1. The van der Waals surface area contributed by atoms with Crippen molar-refractivity contribution < 1.29 is 5.11 Å². The maximum absolute atomic E-state index is 10.7. The van der Waals surface area contributed by atoms with Crippen LogP contribution in [0.1, 0.15) is 5.69 Å². The Morgan fingerprint density at radius 2 is 1.64 bits per heavy atom. The van der Waals surface area contributed by atoms with E-state index in [1.165, 1.54) is 0 Å². The Morgan fingerprint density at radius 3 is 2.44 bits per heavy atom. The maximum Gasteiger partial charge on any atom is 0.146 e. The molecular formula is C21H17N3O. The first-order valence-electron chi connectivity index (χ1n) is 8.10. The van der Waals surface area contributed by atoms with Gasteiger partial charge in [-0.3, -0.25) is 4.98 Å². The van der Waals surface area contributed by atoms with Crippen molar-refractivity contribution in [2.45, 2.75) is 6.54 Å². The molecule has 0 saturated heterocycles. The van der Waals surface area contributed by atoms with Crippen LogP contribution in [0.2, 0.25) is 0 Å². The third kappa shape index (κ3) is 3.15. The van der Waals surface area contributed by atoms with Crippen LogP contribution in [-0.4, -0.2) is 19.6 Å². The predicted molar refractivity (Wildman–Crippen MR) is 98.1 cm³/mol. The van der Waals surface area contributed by atoms with Gasteiger partial charge in [0.2, 0.25) is 0 Å². The Labute approximate surface area is 146 Å². The lowest BCUT2D eigenvalue weighted by atomic mass is 9.98. The van der Waals surface area contributed by atoms with E-state index in [4.69, 9.17) is 0 Å². The first-order valence-corrected chi connectivity index (χ1v) is 8.10. The van der Waals surface area contributed by atoms with Crippen LogP contribution in [0.4, 0.5) is 0 Å².